The molecule has 1 fully saturated rings. The molecule has 1 heterocycles. The molecule has 4 N–H and O–H groups in total. The van der Waals surface area contributed by atoms with Crippen molar-refractivity contribution >= 4 is 17.7 Å². The molecule has 1 aliphatic heterocycles. The number of carbonyl (C=O) groups excluding carboxylic acids is 3. The number of nitrogens with zero attached hydrogens (tertiary/aromatic N) is 1. The predicted octanol–water partition coefficient (Wildman–Crippen LogP) is -0.589. The Morgan fingerprint density at radius 3 is 2.75 bits per heavy atom. The summed E-state index contributed by atoms with van der Waals surface area (Å²) in [5.74, 6) is -1.09. The van der Waals surface area contributed by atoms with Crippen LogP contribution in [0.3, 0.4) is 0 Å². The van der Waals surface area contributed by atoms with E-state index in [0.717, 1.165) is 19.4 Å². The number of benzene rings is 1. The van der Waals surface area contributed by atoms with Gasteiger partial charge in [-0.25, -0.2) is 0 Å². The molecule has 1 aliphatic rings. The van der Waals surface area contributed by atoms with Gasteiger partial charge in [0.15, 0.2) is 0 Å². The molecular formula is C17H24N4O3. The highest BCUT2D eigenvalue weighted by Gasteiger charge is 2.31. The van der Waals surface area contributed by atoms with Crippen molar-refractivity contribution in [2.45, 2.75) is 25.3 Å². The fourth-order valence-electron chi connectivity index (χ4n) is 2.82. The van der Waals surface area contributed by atoms with E-state index in [-0.39, 0.29) is 24.8 Å². The number of nitrogens with one attached hydrogen (secondary N) is 2. The van der Waals surface area contributed by atoms with Crippen molar-refractivity contribution in [1.82, 2.24) is 15.5 Å². The smallest absolute Gasteiger partial charge is 0.237 e. The molecule has 24 heavy (non-hydrogen) atoms. The highest BCUT2D eigenvalue weighted by atomic mass is 16.2. The van der Waals surface area contributed by atoms with E-state index in [1.165, 1.54) is 5.56 Å². The number of piperazine rings is 1. The van der Waals surface area contributed by atoms with Crippen molar-refractivity contribution in [3.05, 3.63) is 35.9 Å². The number of primary amides is 1. The molecule has 0 spiro atoms. The minimum atomic E-state index is -0.601. The van der Waals surface area contributed by atoms with Crippen LogP contribution in [0, 0.1) is 0 Å². The van der Waals surface area contributed by atoms with Crippen LogP contribution >= 0.6 is 0 Å². The molecule has 0 bridgehead atoms. The average molecular weight is 332 g/mol. The zero-order valence-electron chi connectivity index (χ0n) is 13.7. The van der Waals surface area contributed by atoms with Crippen molar-refractivity contribution in [2.24, 2.45) is 5.73 Å². The van der Waals surface area contributed by atoms with Crippen LogP contribution in [0.2, 0.25) is 0 Å². The summed E-state index contributed by atoms with van der Waals surface area (Å²) in [7, 11) is 0. The number of hydrogen-bond donors (Lipinski definition) is 3. The molecule has 7 heteroatoms. The Morgan fingerprint density at radius 2 is 2.04 bits per heavy atom. The fourth-order valence-corrected chi connectivity index (χ4v) is 2.82. The van der Waals surface area contributed by atoms with Gasteiger partial charge in [0.05, 0.1) is 19.0 Å². The predicted molar refractivity (Wildman–Crippen MR) is 90.0 cm³/mol. The van der Waals surface area contributed by atoms with Gasteiger partial charge in [0.25, 0.3) is 0 Å². The minimum Gasteiger partial charge on any atom is -0.368 e. The Kier molecular flexibility index (Phi) is 6.74. The molecule has 3 amide bonds. The zero-order chi connectivity index (χ0) is 17.4. The zero-order valence-corrected chi connectivity index (χ0v) is 13.7. The first-order chi connectivity index (χ1) is 11.6. The van der Waals surface area contributed by atoms with E-state index < -0.39 is 11.9 Å². The Hall–Kier alpha value is -2.41. The van der Waals surface area contributed by atoms with Gasteiger partial charge in [-0.3, -0.25) is 19.3 Å². The van der Waals surface area contributed by atoms with Crippen LogP contribution in [0.5, 0.6) is 0 Å². The second-order valence-corrected chi connectivity index (χ2v) is 5.88. The van der Waals surface area contributed by atoms with Gasteiger partial charge in [0, 0.05) is 13.1 Å². The van der Waals surface area contributed by atoms with Crippen molar-refractivity contribution in [2.75, 3.05) is 26.2 Å². The van der Waals surface area contributed by atoms with Gasteiger partial charge in [-0.2, -0.15) is 0 Å². The van der Waals surface area contributed by atoms with Crippen LogP contribution < -0.4 is 16.4 Å². The van der Waals surface area contributed by atoms with Crippen LogP contribution in [0.15, 0.2) is 30.3 Å². The second-order valence-electron chi connectivity index (χ2n) is 5.88. The molecule has 0 aliphatic carbocycles. The third-order valence-corrected chi connectivity index (χ3v) is 4.03. The Bertz CT molecular complexity index is 576. The van der Waals surface area contributed by atoms with Crippen molar-refractivity contribution in [3.63, 3.8) is 0 Å². The maximum atomic E-state index is 12.1. The van der Waals surface area contributed by atoms with E-state index in [0.29, 0.717) is 13.1 Å². The lowest BCUT2D eigenvalue weighted by atomic mass is 10.1. The number of rotatable bonds is 8. The fraction of sp³-hybridized carbons (Fsp3) is 0.471. The van der Waals surface area contributed by atoms with Gasteiger partial charge in [-0.1, -0.05) is 30.3 Å². The van der Waals surface area contributed by atoms with Crippen molar-refractivity contribution < 1.29 is 14.4 Å². The molecular weight excluding hydrogens is 308 g/mol. The van der Waals surface area contributed by atoms with Gasteiger partial charge < -0.3 is 16.4 Å². The monoisotopic (exact) mass is 332 g/mol. The molecule has 7 nitrogen and oxygen atoms in total. The average Bonchev–Trinajstić information content (AvgIpc) is 2.57. The highest BCUT2D eigenvalue weighted by Crippen LogP contribution is 2.11. The lowest BCUT2D eigenvalue weighted by Crippen LogP contribution is -2.56. The first-order valence-electron chi connectivity index (χ1n) is 8.17. The van der Waals surface area contributed by atoms with Crippen LogP contribution in [0.25, 0.3) is 0 Å². The number of aryl methyl sites for hydroxylation is 1. The molecule has 0 saturated carbocycles. The third-order valence-electron chi connectivity index (χ3n) is 4.03. The third kappa shape index (κ3) is 5.66. The van der Waals surface area contributed by atoms with E-state index in [9.17, 15) is 14.4 Å². The van der Waals surface area contributed by atoms with Gasteiger partial charge in [-0.05, 0) is 24.9 Å². The summed E-state index contributed by atoms with van der Waals surface area (Å²) in [6.07, 6.45) is 1.88. The summed E-state index contributed by atoms with van der Waals surface area (Å²) in [5, 5.41) is 5.22. The molecule has 2 rings (SSSR count). The molecule has 1 aromatic rings. The SMILES string of the molecule is NC(=O)CNC(=O)C[C@H]1C(=O)NCCN1CCCc1ccccc1. The van der Waals surface area contributed by atoms with Crippen LogP contribution in [0.4, 0.5) is 0 Å². The normalized spacial score (nSPS) is 18.0. The standard InChI is InChI=1S/C17H24N4O3/c18-15(22)12-20-16(23)11-14-17(24)19-8-10-21(14)9-4-7-13-5-2-1-3-6-13/h1-3,5-6,14H,4,7-12H2,(H2,18,22)(H,19,24)(H,20,23)/t14-/m0/s1. The highest BCUT2D eigenvalue weighted by molar-refractivity contribution is 5.90. The Morgan fingerprint density at radius 1 is 1.29 bits per heavy atom. The summed E-state index contributed by atoms with van der Waals surface area (Å²) < 4.78 is 0. The van der Waals surface area contributed by atoms with E-state index in [2.05, 4.69) is 22.8 Å². The van der Waals surface area contributed by atoms with Crippen LogP contribution in [-0.4, -0.2) is 54.8 Å². The maximum Gasteiger partial charge on any atom is 0.237 e. The number of nitrogens with two attached hydrogens (primary N) is 1. The van der Waals surface area contributed by atoms with Crippen LogP contribution in [-0.2, 0) is 20.8 Å². The Labute approximate surface area is 141 Å². The molecule has 0 radical (unpaired) electrons. The molecule has 130 valence electrons. The van der Waals surface area contributed by atoms with Crippen molar-refractivity contribution in [1.29, 1.82) is 0 Å². The molecule has 0 unspecified atom stereocenters. The van der Waals surface area contributed by atoms with Gasteiger partial charge >= 0.3 is 0 Å². The van der Waals surface area contributed by atoms with E-state index in [1.54, 1.807) is 0 Å². The number of amides is 3. The topological polar surface area (TPSA) is 105 Å². The second kappa shape index (κ2) is 9.02. The summed E-state index contributed by atoms with van der Waals surface area (Å²) in [6, 6.07) is 9.67. The summed E-state index contributed by atoms with van der Waals surface area (Å²) >= 11 is 0. The van der Waals surface area contributed by atoms with E-state index in [4.69, 9.17) is 5.73 Å². The van der Waals surface area contributed by atoms with Gasteiger partial charge in [0.2, 0.25) is 17.7 Å². The summed E-state index contributed by atoms with van der Waals surface area (Å²) in [4.78, 5) is 36.7. The van der Waals surface area contributed by atoms with E-state index in [1.807, 2.05) is 23.1 Å². The first-order valence-corrected chi connectivity index (χ1v) is 8.17. The summed E-state index contributed by atoms with van der Waals surface area (Å²) in [5.41, 5.74) is 6.27. The van der Waals surface area contributed by atoms with Crippen LogP contribution in [0.1, 0.15) is 18.4 Å². The van der Waals surface area contributed by atoms with Gasteiger partial charge in [-0.15, -0.1) is 0 Å². The Balaban J connectivity index is 1.84. The summed E-state index contributed by atoms with van der Waals surface area (Å²) in [6.45, 7) is 1.84. The maximum absolute atomic E-state index is 12.1. The first kappa shape index (κ1) is 17.9. The minimum absolute atomic E-state index is 0.0322. The number of carbonyl (C=O) groups is 3. The quantitative estimate of drug-likeness (QED) is 0.592. The largest absolute Gasteiger partial charge is 0.368 e. The number of hydrogen-bond acceptors (Lipinski definition) is 4. The van der Waals surface area contributed by atoms with E-state index >= 15 is 0 Å². The molecule has 0 aromatic heterocycles. The van der Waals surface area contributed by atoms with Gasteiger partial charge in [0.1, 0.15) is 0 Å². The lowest BCUT2D eigenvalue weighted by molar-refractivity contribution is -0.134. The molecule has 1 aromatic carbocycles. The van der Waals surface area contributed by atoms with Crippen molar-refractivity contribution in [3.8, 4) is 0 Å². The molecule has 1 saturated heterocycles. The molecule has 1 atom stereocenters. The lowest BCUT2D eigenvalue weighted by Gasteiger charge is -2.34.